The Labute approximate surface area is 150 Å². The van der Waals surface area contributed by atoms with Gasteiger partial charge in [-0.25, -0.2) is 0 Å². The molecule has 25 heavy (non-hydrogen) atoms. The molecule has 9 heteroatoms. The largest absolute Gasteiger partial charge is 0.325 e. The number of nitrogens with zero attached hydrogens (tertiary/aromatic N) is 2. The van der Waals surface area contributed by atoms with Crippen molar-refractivity contribution in [3.05, 3.63) is 52.2 Å². The lowest BCUT2D eigenvalue weighted by atomic mass is 10.1. The van der Waals surface area contributed by atoms with Crippen LogP contribution in [0, 0.1) is 11.3 Å². The van der Waals surface area contributed by atoms with Gasteiger partial charge < -0.3 is 5.32 Å². The molecule has 3 rings (SSSR count). The van der Waals surface area contributed by atoms with E-state index in [1.807, 2.05) is 23.6 Å². The van der Waals surface area contributed by atoms with Crippen LogP contribution in [0.3, 0.4) is 0 Å². The average Bonchev–Trinajstić information content (AvgIpc) is 3.12. The van der Waals surface area contributed by atoms with E-state index in [4.69, 9.17) is 5.26 Å². The van der Waals surface area contributed by atoms with Crippen molar-refractivity contribution in [1.29, 1.82) is 5.26 Å². The summed E-state index contributed by atoms with van der Waals surface area (Å²) in [4.78, 5) is 13.5. The second-order valence-corrected chi connectivity index (χ2v) is 8.38. The second-order valence-electron chi connectivity index (χ2n) is 5.64. The zero-order valence-electron chi connectivity index (χ0n) is 13.3. The number of hydrogen-bond acceptors (Lipinski definition) is 5. The van der Waals surface area contributed by atoms with Gasteiger partial charge in [-0.2, -0.15) is 22.7 Å². The van der Waals surface area contributed by atoms with Crippen molar-refractivity contribution in [2.45, 2.75) is 18.5 Å². The lowest BCUT2D eigenvalue weighted by Gasteiger charge is -2.35. The fourth-order valence-corrected chi connectivity index (χ4v) is 4.77. The van der Waals surface area contributed by atoms with E-state index in [0.29, 0.717) is 17.7 Å². The normalized spacial score (nSPS) is 22.9. The highest BCUT2D eigenvalue weighted by Gasteiger charge is 2.40. The molecule has 1 aromatic carbocycles. The number of anilines is 1. The molecule has 0 unspecified atom stereocenters. The van der Waals surface area contributed by atoms with Gasteiger partial charge in [0, 0.05) is 17.6 Å². The maximum atomic E-state index is 12.6. The minimum atomic E-state index is -3.75. The first kappa shape index (κ1) is 17.6. The van der Waals surface area contributed by atoms with Crippen LogP contribution in [0.25, 0.3) is 0 Å². The van der Waals surface area contributed by atoms with Gasteiger partial charge in [-0.3, -0.25) is 4.79 Å². The Kier molecular flexibility index (Phi) is 4.87. The highest BCUT2D eigenvalue weighted by Crippen LogP contribution is 2.30. The van der Waals surface area contributed by atoms with E-state index in [2.05, 4.69) is 10.0 Å². The molecule has 0 radical (unpaired) electrons. The van der Waals surface area contributed by atoms with Crippen LogP contribution in [0.4, 0.5) is 5.69 Å². The summed E-state index contributed by atoms with van der Waals surface area (Å²) in [6.45, 7) is 0. The fourth-order valence-electron chi connectivity index (χ4n) is 2.64. The molecule has 130 valence electrons. The number of amides is 1. The first-order valence-electron chi connectivity index (χ1n) is 7.50. The third-order valence-corrected chi connectivity index (χ3v) is 6.62. The first-order chi connectivity index (χ1) is 11.9. The van der Waals surface area contributed by atoms with Crippen LogP contribution in [0.1, 0.15) is 22.9 Å². The van der Waals surface area contributed by atoms with Crippen LogP contribution in [0.15, 0.2) is 41.8 Å². The molecular weight excluding hydrogens is 360 g/mol. The van der Waals surface area contributed by atoms with E-state index in [-0.39, 0.29) is 0 Å². The van der Waals surface area contributed by atoms with Crippen LogP contribution < -0.4 is 10.0 Å². The molecule has 2 atom stereocenters. The van der Waals surface area contributed by atoms with Crippen LogP contribution in [0.2, 0.25) is 0 Å². The molecule has 0 saturated carbocycles. The molecule has 1 aliphatic rings. The van der Waals surface area contributed by atoms with Crippen molar-refractivity contribution in [2.24, 2.45) is 0 Å². The van der Waals surface area contributed by atoms with Gasteiger partial charge in [0.25, 0.3) is 10.2 Å². The molecule has 0 bridgehead atoms. The Morgan fingerprint density at radius 3 is 2.68 bits per heavy atom. The monoisotopic (exact) mass is 376 g/mol. The predicted octanol–water partition coefficient (Wildman–Crippen LogP) is 1.84. The molecule has 0 spiro atoms. The standard InChI is InChI=1S/C16H16N4O3S2/c1-20-14(16(21)18-12-6-4-11(10-17)5-7-12)9-13(19-25(20,22)23)15-3-2-8-24-15/h2-8,13-14,19H,9H2,1H3,(H,18,21)/t13-,14+/m0/s1. The highest BCUT2D eigenvalue weighted by molar-refractivity contribution is 7.87. The Bertz CT molecular complexity index is 902. The molecule has 1 aromatic heterocycles. The summed E-state index contributed by atoms with van der Waals surface area (Å²) in [5.74, 6) is -0.404. The van der Waals surface area contributed by atoms with E-state index in [1.165, 1.54) is 18.4 Å². The third-order valence-electron chi connectivity index (χ3n) is 4.04. The molecule has 2 heterocycles. The van der Waals surface area contributed by atoms with E-state index in [1.54, 1.807) is 24.3 Å². The highest BCUT2D eigenvalue weighted by atomic mass is 32.2. The summed E-state index contributed by atoms with van der Waals surface area (Å²) >= 11 is 1.45. The van der Waals surface area contributed by atoms with Crippen molar-refractivity contribution in [3.63, 3.8) is 0 Å². The molecule has 7 nitrogen and oxygen atoms in total. The van der Waals surface area contributed by atoms with Gasteiger partial charge >= 0.3 is 0 Å². The topological polar surface area (TPSA) is 102 Å². The maximum Gasteiger partial charge on any atom is 0.280 e. The Morgan fingerprint density at radius 1 is 1.36 bits per heavy atom. The summed E-state index contributed by atoms with van der Waals surface area (Å²) in [7, 11) is -2.36. The van der Waals surface area contributed by atoms with Crippen molar-refractivity contribution in [3.8, 4) is 6.07 Å². The summed E-state index contributed by atoms with van der Waals surface area (Å²) in [5.41, 5.74) is 0.998. The van der Waals surface area contributed by atoms with Crippen LogP contribution >= 0.6 is 11.3 Å². The lowest BCUT2D eigenvalue weighted by Crippen LogP contribution is -2.55. The smallest absolute Gasteiger partial charge is 0.280 e. The van der Waals surface area contributed by atoms with E-state index in [9.17, 15) is 13.2 Å². The quantitative estimate of drug-likeness (QED) is 0.853. The molecule has 2 N–H and O–H groups in total. The number of carbonyl (C=O) groups excluding carboxylic acids is 1. The number of nitrogens with one attached hydrogen (secondary N) is 2. The summed E-state index contributed by atoms with van der Waals surface area (Å²) in [5, 5.41) is 13.4. The van der Waals surface area contributed by atoms with E-state index in [0.717, 1.165) is 9.18 Å². The number of carbonyl (C=O) groups is 1. The Morgan fingerprint density at radius 2 is 2.08 bits per heavy atom. The number of rotatable bonds is 3. The molecule has 1 fully saturated rings. The molecule has 1 amide bonds. The summed E-state index contributed by atoms with van der Waals surface area (Å²) < 4.78 is 28.3. The maximum absolute atomic E-state index is 12.6. The van der Waals surface area contributed by atoms with Crippen LogP contribution in [0.5, 0.6) is 0 Å². The van der Waals surface area contributed by atoms with Crippen molar-refractivity contribution in [2.75, 3.05) is 12.4 Å². The lowest BCUT2D eigenvalue weighted by molar-refractivity contribution is -0.120. The SMILES string of the molecule is CN1[C@@H](C(=O)Nc2ccc(C#N)cc2)C[C@@H](c2cccs2)NS1(=O)=O. The number of hydrogen-bond donors (Lipinski definition) is 2. The van der Waals surface area contributed by atoms with Crippen LogP contribution in [-0.4, -0.2) is 31.7 Å². The Balaban J connectivity index is 1.80. The van der Waals surface area contributed by atoms with Gasteiger partial charge in [-0.05, 0) is 42.1 Å². The third kappa shape index (κ3) is 3.72. The number of thiophene rings is 1. The number of likely N-dealkylation sites (N-methyl/N-ethyl adjacent to an activating group) is 1. The zero-order chi connectivity index (χ0) is 18.0. The minimum Gasteiger partial charge on any atom is -0.325 e. The van der Waals surface area contributed by atoms with Gasteiger partial charge in [0.05, 0.1) is 17.7 Å². The predicted molar refractivity (Wildman–Crippen MR) is 95.1 cm³/mol. The summed E-state index contributed by atoms with van der Waals surface area (Å²) in [6, 6.07) is 10.8. The Hall–Kier alpha value is -2.25. The fraction of sp³-hybridized carbons (Fsp3) is 0.250. The van der Waals surface area contributed by atoms with Gasteiger partial charge in [0.2, 0.25) is 5.91 Å². The zero-order valence-corrected chi connectivity index (χ0v) is 15.0. The van der Waals surface area contributed by atoms with Crippen LogP contribution in [-0.2, 0) is 15.0 Å². The van der Waals surface area contributed by atoms with E-state index >= 15 is 0 Å². The van der Waals surface area contributed by atoms with Gasteiger partial charge in [-0.15, -0.1) is 11.3 Å². The number of nitriles is 1. The van der Waals surface area contributed by atoms with E-state index < -0.39 is 28.2 Å². The summed E-state index contributed by atoms with van der Waals surface area (Å²) in [6.07, 6.45) is 0.332. The molecule has 1 aliphatic heterocycles. The van der Waals surface area contributed by atoms with Gasteiger partial charge in [0.1, 0.15) is 6.04 Å². The van der Waals surface area contributed by atoms with Crippen molar-refractivity contribution in [1.82, 2.24) is 9.03 Å². The number of benzene rings is 1. The first-order valence-corrected chi connectivity index (χ1v) is 9.82. The van der Waals surface area contributed by atoms with Crippen molar-refractivity contribution >= 4 is 33.1 Å². The van der Waals surface area contributed by atoms with Gasteiger partial charge in [-0.1, -0.05) is 6.07 Å². The van der Waals surface area contributed by atoms with Crippen molar-refractivity contribution < 1.29 is 13.2 Å². The molecular formula is C16H16N4O3S2. The van der Waals surface area contributed by atoms with Gasteiger partial charge in [0.15, 0.2) is 0 Å². The molecule has 2 aromatic rings. The molecule has 0 aliphatic carbocycles. The molecule has 1 saturated heterocycles. The average molecular weight is 376 g/mol. The minimum absolute atomic E-state index is 0.332. The second kappa shape index (κ2) is 6.93.